The molecule has 108 valence electrons. The first-order chi connectivity index (χ1) is 9.94. The predicted octanol–water partition coefficient (Wildman–Crippen LogP) is 2.91. The second kappa shape index (κ2) is 4.80. The van der Waals surface area contributed by atoms with Crippen molar-refractivity contribution in [1.29, 1.82) is 0 Å². The van der Waals surface area contributed by atoms with Crippen LogP contribution in [0.2, 0.25) is 5.02 Å². The lowest BCUT2D eigenvalue weighted by Crippen LogP contribution is -2.55. The van der Waals surface area contributed by atoms with Crippen LogP contribution in [0.4, 0.5) is 10.1 Å². The minimum absolute atomic E-state index is 0.0465. The average Bonchev–Trinajstić information content (AvgIpc) is 2.46. The molecule has 0 saturated heterocycles. The maximum Gasteiger partial charge on any atom is 0.210 e. The van der Waals surface area contributed by atoms with Crippen molar-refractivity contribution in [2.75, 3.05) is 0 Å². The van der Waals surface area contributed by atoms with E-state index in [0.29, 0.717) is 22.1 Å². The molecule has 0 bridgehead atoms. The maximum absolute atomic E-state index is 14.2. The third-order valence-electron chi connectivity index (χ3n) is 3.56. The number of hydrogen-bond donors (Lipinski definition) is 2. The molecule has 6 heteroatoms. The van der Waals surface area contributed by atoms with Gasteiger partial charge in [-0.2, -0.15) is 0 Å². The summed E-state index contributed by atoms with van der Waals surface area (Å²) in [6.07, 6.45) is 0. The molecule has 0 radical (unpaired) electrons. The molecule has 3 N–H and O–H groups in total. The average molecular weight is 306 g/mol. The summed E-state index contributed by atoms with van der Waals surface area (Å²) in [5.41, 5.74) is -0.972. The Bertz CT molecular complexity index is 749. The largest absolute Gasteiger partial charge is 0.362 e. The molecule has 1 atom stereocenters. The number of benzene rings is 2. The zero-order chi connectivity index (χ0) is 15.2. The summed E-state index contributed by atoms with van der Waals surface area (Å²) in [6, 6.07) is 10.8. The summed E-state index contributed by atoms with van der Waals surface area (Å²) < 4.78 is 14.2. The van der Waals surface area contributed by atoms with Gasteiger partial charge in [-0.05, 0) is 31.2 Å². The Morgan fingerprint density at radius 2 is 1.95 bits per heavy atom. The monoisotopic (exact) mass is 305 g/mol. The van der Waals surface area contributed by atoms with Gasteiger partial charge >= 0.3 is 0 Å². The third kappa shape index (κ3) is 2.01. The van der Waals surface area contributed by atoms with Crippen molar-refractivity contribution < 1.29 is 9.50 Å². The quantitative estimate of drug-likeness (QED) is 0.796. The molecule has 4 nitrogen and oxygen atoms in total. The molecule has 2 aromatic carbocycles. The number of amidine groups is 1. The van der Waals surface area contributed by atoms with E-state index in [-0.39, 0.29) is 5.56 Å². The van der Waals surface area contributed by atoms with Crippen LogP contribution in [0.3, 0.4) is 0 Å². The Morgan fingerprint density at radius 3 is 2.67 bits per heavy atom. The standard InChI is InChI=1S/C15H13ClFN3O/c1-9-19-14-7-6-10(16)8-12(14)15(21,20(9)18)11-4-2-3-5-13(11)17/h2-8,21H,18H2,1H3. The van der Waals surface area contributed by atoms with Crippen molar-refractivity contribution in [3.05, 3.63) is 64.4 Å². The number of aliphatic hydroxyl groups is 1. The molecule has 0 aliphatic carbocycles. The number of fused-ring (bicyclic) bond motifs is 1. The first-order valence-electron chi connectivity index (χ1n) is 6.32. The van der Waals surface area contributed by atoms with Crippen molar-refractivity contribution in [2.24, 2.45) is 10.8 Å². The van der Waals surface area contributed by atoms with Crippen molar-refractivity contribution in [3.63, 3.8) is 0 Å². The maximum atomic E-state index is 14.2. The van der Waals surface area contributed by atoms with E-state index in [1.54, 1.807) is 37.3 Å². The van der Waals surface area contributed by atoms with Gasteiger partial charge in [-0.15, -0.1) is 0 Å². The molecule has 0 spiro atoms. The minimum atomic E-state index is -1.86. The highest BCUT2D eigenvalue weighted by molar-refractivity contribution is 6.30. The van der Waals surface area contributed by atoms with E-state index in [1.165, 1.54) is 12.1 Å². The van der Waals surface area contributed by atoms with Crippen LogP contribution < -0.4 is 5.84 Å². The Morgan fingerprint density at radius 1 is 1.24 bits per heavy atom. The number of rotatable bonds is 1. The first-order valence-corrected chi connectivity index (χ1v) is 6.70. The van der Waals surface area contributed by atoms with Crippen LogP contribution >= 0.6 is 11.6 Å². The Hall–Kier alpha value is -1.95. The number of hydrogen-bond acceptors (Lipinski definition) is 4. The molecule has 0 amide bonds. The first kappa shape index (κ1) is 14.0. The van der Waals surface area contributed by atoms with Gasteiger partial charge in [0.1, 0.15) is 11.7 Å². The highest BCUT2D eigenvalue weighted by Crippen LogP contribution is 2.42. The van der Waals surface area contributed by atoms with Crippen LogP contribution in [0.5, 0.6) is 0 Å². The van der Waals surface area contributed by atoms with Gasteiger partial charge in [0.2, 0.25) is 5.72 Å². The zero-order valence-electron chi connectivity index (χ0n) is 11.2. The van der Waals surface area contributed by atoms with E-state index in [1.807, 2.05) is 0 Å². The topological polar surface area (TPSA) is 61.9 Å². The highest BCUT2D eigenvalue weighted by atomic mass is 35.5. The number of hydrazine groups is 1. The van der Waals surface area contributed by atoms with Crippen LogP contribution in [-0.4, -0.2) is 16.0 Å². The van der Waals surface area contributed by atoms with Gasteiger partial charge in [-0.1, -0.05) is 29.8 Å². The van der Waals surface area contributed by atoms with Gasteiger partial charge in [-0.25, -0.2) is 15.2 Å². The smallest absolute Gasteiger partial charge is 0.210 e. The van der Waals surface area contributed by atoms with Crippen LogP contribution in [0.25, 0.3) is 0 Å². The van der Waals surface area contributed by atoms with Gasteiger partial charge in [0.05, 0.1) is 5.69 Å². The molecule has 0 saturated carbocycles. The van der Waals surface area contributed by atoms with E-state index in [2.05, 4.69) is 4.99 Å². The SMILES string of the molecule is CC1=Nc2ccc(Cl)cc2C(O)(c2ccccc2F)N1N. The molecular formula is C15H13ClFN3O. The summed E-state index contributed by atoms with van der Waals surface area (Å²) in [7, 11) is 0. The van der Waals surface area contributed by atoms with Crippen molar-refractivity contribution in [2.45, 2.75) is 12.6 Å². The second-order valence-corrected chi connectivity index (χ2v) is 5.28. The molecule has 0 fully saturated rings. The Labute approximate surface area is 126 Å². The molecule has 21 heavy (non-hydrogen) atoms. The summed E-state index contributed by atoms with van der Waals surface area (Å²) in [5, 5.41) is 12.6. The number of nitrogens with two attached hydrogens (primary N) is 1. The predicted molar refractivity (Wildman–Crippen MR) is 79.6 cm³/mol. The van der Waals surface area contributed by atoms with E-state index in [9.17, 15) is 9.50 Å². The fourth-order valence-corrected chi connectivity index (χ4v) is 2.67. The zero-order valence-corrected chi connectivity index (χ0v) is 12.0. The second-order valence-electron chi connectivity index (χ2n) is 4.84. The highest BCUT2D eigenvalue weighted by Gasteiger charge is 2.44. The Kier molecular flexibility index (Phi) is 3.20. The summed E-state index contributed by atoms with van der Waals surface area (Å²) >= 11 is 6.00. The van der Waals surface area contributed by atoms with Crippen molar-refractivity contribution in [3.8, 4) is 0 Å². The van der Waals surface area contributed by atoms with Crippen LogP contribution in [0.15, 0.2) is 47.5 Å². The summed E-state index contributed by atoms with van der Waals surface area (Å²) in [4.78, 5) is 4.30. The van der Waals surface area contributed by atoms with E-state index >= 15 is 0 Å². The van der Waals surface area contributed by atoms with E-state index in [4.69, 9.17) is 17.4 Å². The molecule has 2 aromatic rings. The summed E-state index contributed by atoms with van der Waals surface area (Å²) in [6.45, 7) is 1.64. The molecule has 1 unspecified atom stereocenters. The van der Waals surface area contributed by atoms with Gasteiger partial charge in [0.25, 0.3) is 0 Å². The van der Waals surface area contributed by atoms with Crippen LogP contribution in [0, 0.1) is 5.82 Å². The third-order valence-corrected chi connectivity index (χ3v) is 3.80. The number of halogens is 2. The molecular weight excluding hydrogens is 293 g/mol. The molecule has 1 aliphatic heterocycles. The number of aliphatic imine (C=N–C) groups is 1. The minimum Gasteiger partial charge on any atom is -0.362 e. The fraction of sp³-hybridized carbons (Fsp3) is 0.133. The van der Waals surface area contributed by atoms with Gasteiger partial charge < -0.3 is 5.11 Å². The van der Waals surface area contributed by atoms with Gasteiger partial charge in [0.15, 0.2) is 0 Å². The van der Waals surface area contributed by atoms with Gasteiger partial charge in [0, 0.05) is 16.1 Å². The lowest BCUT2D eigenvalue weighted by molar-refractivity contribution is -0.0438. The lowest BCUT2D eigenvalue weighted by Gasteiger charge is -2.41. The van der Waals surface area contributed by atoms with E-state index in [0.717, 1.165) is 5.01 Å². The van der Waals surface area contributed by atoms with Crippen LogP contribution in [0.1, 0.15) is 18.1 Å². The van der Waals surface area contributed by atoms with E-state index < -0.39 is 11.5 Å². The molecule has 1 aliphatic rings. The molecule has 0 aromatic heterocycles. The number of nitrogens with zero attached hydrogens (tertiary/aromatic N) is 2. The Balaban J connectivity index is 2.34. The molecule has 3 rings (SSSR count). The fourth-order valence-electron chi connectivity index (χ4n) is 2.50. The lowest BCUT2D eigenvalue weighted by atomic mass is 9.90. The van der Waals surface area contributed by atoms with Crippen molar-refractivity contribution >= 4 is 23.1 Å². The molecule has 1 heterocycles. The van der Waals surface area contributed by atoms with Crippen molar-refractivity contribution in [1.82, 2.24) is 5.01 Å². The summed E-state index contributed by atoms with van der Waals surface area (Å²) in [5.74, 6) is 5.78. The van der Waals surface area contributed by atoms with Crippen LogP contribution in [-0.2, 0) is 5.72 Å². The van der Waals surface area contributed by atoms with Gasteiger partial charge in [-0.3, -0.25) is 5.01 Å². The normalized spacial score (nSPS) is 21.0.